The van der Waals surface area contributed by atoms with Crippen LogP contribution in [0.15, 0.2) is 12.2 Å². The van der Waals surface area contributed by atoms with Crippen LogP contribution < -0.4 is 0 Å². The van der Waals surface area contributed by atoms with Crippen molar-refractivity contribution in [3.63, 3.8) is 0 Å². The average Bonchev–Trinajstić information content (AvgIpc) is 1.61. The Morgan fingerprint density at radius 1 is 0.900 bits per heavy atom. The van der Waals surface area contributed by atoms with Crippen LogP contribution in [-0.4, -0.2) is 22.2 Å². The van der Waals surface area contributed by atoms with Gasteiger partial charge in [0.1, 0.15) is 0 Å². The standard InChI is InChI=1S/C4H4O4.2ClH/c5-3(6)1-2-4(7)8;;/h1-2H,(H,5,6)(H,7,8);2*1H/b2-1+;;. The highest BCUT2D eigenvalue weighted by Crippen LogP contribution is 1.70. The molecule has 0 atom stereocenters. The summed E-state index contributed by atoms with van der Waals surface area (Å²) in [6, 6.07) is 0. The first-order valence-corrected chi connectivity index (χ1v) is 1.77. The molecule has 4 nitrogen and oxygen atoms in total. The number of rotatable bonds is 2. The average molecular weight is 189 g/mol. The molecule has 0 heterocycles. The second kappa shape index (κ2) is 8.26. The smallest absolute Gasteiger partial charge is 0.328 e. The van der Waals surface area contributed by atoms with Crippen molar-refractivity contribution in [3.8, 4) is 0 Å². The van der Waals surface area contributed by atoms with Crippen LogP contribution in [0.3, 0.4) is 0 Å². The van der Waals surface area contributed by atoms with E-state index in [0.29, 0.717) is 12.2 Å². The van der Waals surface area contributed by atoms with Crippen molar-refractivity contribution in [1.29, 1.82) is 0 Å². The lowest BCUT2D eigenvalue weighted by molar-refractivity contribution is -0.134. The SMILES string of the molecule is Cl.Cl.O=C(O)/C=C/C(=O)O. The van der Waals surface area contributed by atoms with E-state index in [4.69, 9.17) is 10.2 Å². The monoisotopic (exact) mass is 188 g/mol. The molecule has 6 heteroatoms. The maximum Gasteiger partial charge on any atom is 0.328 e. The number of hydrogen-bond donors (Lipinski definition) is 2. The van der Waals surface area contributed by atoms with Crippen LogP contribution in [0.2, 0.25) is 0 Å². The van der Waals surface area contributed by atoms with Crippen LogP contribution in [0.4, 0.5) is 0 Å². The third kappa shape index (κ3) is 15.7. The summed E-state index contributed by atoms with van der Waals surface area (Å²) in [5.74, 6) is -2.51. The van der Waals surface area contributed by atoms with Crippen LogP contribution in [0.5, 0.6) is 0 Å². The molecular formula is C4H6Cl2O4. The lowest BCUT2D eigenvalue weighted by atomic mass is 10.5. The summed E-state index contributed by atoms with van der Waals surface area (Å²) >= 11 is 0. The lowest BCUT2D eigenvalue weighted by Gasteiger charge is -1.74. The number of carboxylic acid groups (broad SMARTS) is 2. The Bertz CT molecular complexity index is 126. The van der Waals surface area contributed by atoms with Crippen molar-refractivity contribution in [2.24, 2.45) is 0 Å². The molecule has 0 spiro atoms. The molecule has 0 aliphatic carbocycles. The Kier molecular flexibility index (Phi) is 13.3. The van der Waals surface area contributed by atoms with Crippen molar-refractivity contribution in [1.82, 2.24) is 0 Å². The van der Waals surface area contributed by atoms with Crippen molar-refractivity contribution < 1.29 is 19.8 Å². The molecule has 0 aliphatic heterocycles. The highest BCUT2D eigenvalue weighted by molar-refractivity contribution is 5.89. The van der Waals surface area contributed by atoms with E-state index in [-0.39, 0.29) is 24.8 Å². The van der Waals surface area contributed by atoms with Crippen LogP contribution in [0.25, 0.3) is 0 Å². The molecule has 0 aromatic rings. The van der Waals surface area contributed by atoms with Gasteiger partial charge in [-0.1, -0.05) is 0 Å². The van der Waals surface area contributed by atoms with E-state index in [1.54, 1.807) is 0 Å². The van der Waals surface area contributed by atoms with Crippen molar-refractivity contribution >= 4 is 36.8 Å². The predicted octanol–water partition coefficient (Wildman–Crippen LogP) is 0.555. The summed E-state index contributed by atoms with van der Waals surface area (Å²) in [6.45, 7) is 0. The molecule has 0 rings (SSSR count). The Morgan fingerprint density at radius 3 is 1.20 bits per heavy atom. The summed E-state index contributed by atoms with van der Waals surface area (Å²) in [5.41, 5.74) is 0. The van der Waals surface area contributed by atoms with Gasteiger partial charge in [0.15, 0.2) is 0 Å². The molecule has 0 aromatic carbocycles. The van der Waals surface area contributed by atoms with Gasteiger partial charge < -0.3 is 10.2 Å². The Labute approximate surface area is 69.4 Å². The van der Waals surface area contributed by atoms with Crippen LogP contribution in [0, 0.1) is 0 Å². The van der Waals surface area contributed by atoms with Crippen LogP contribution >= 0.6 is 24.8 Å². The first kappa shape index (κ1) is 16.1. The Morgan fingerprint density at radius 2 is 1.10 bits per heavy atom. The predicted molar refractivity (Wildman–Crippen MR) is 38.9 cm³/mol. The first-order valence-electron chi connectivity index (χ1n) is 1.77. The zero-order valence-corrected chi connectivity index (χ0v) is 6.32. The quantitative estimate of drug-likeness (QED) is 0.622. The Balaban J connectivity index is -0.000000245. The topological polar surface area (TPSA) is 74.6 Å². The van der Waals surface area contributed by atoms with E-state index in [1.807, 2.05) is 0 Å². The second-order valence-corrected chi connectivity index (χ2v) is 1.01. The second-order valence-electron chi connectivity index (χ2n) is 1.01. The van der Waals surface area contributed by atoms with Gasteiger partial charge in [-0.3, -0.25) is 0 Å². The zero-order chi connectivity index (χ0) is 6.57. The third-order valence-electron chi connectivity index (χ3n) is 0.368. The van der Waals surface area contributed by atoms with Crippen LogP contribution in [0.1, 0.15) is 0 Å². The van der Waals surface area contributed by atoms with E-state index in [9.17, 15) is 9.59 Å². The first-order chi connectivity index (χ1) is 3.63. The van der Waals surface area contributed by atoms with Gasteiger partial charge in [-0.25, -0.2) is 9.59 Å². The molecule has 0 saturated carbocycles. The van der Waals surface area contributed by atoms with Gasteiger partial charge in [0, 0.05) is 12.2 Å². The molecule has 0 aliphatic rings. The van der Waals surface area contributed by atoms with Crippen LogP contribution in [-0.2, 0) is 9.59 Å². The van der Waals surface area contributed by atoms with Gasteiger partial charge in [0.25, 0.3) is 0 Å². The lowest BCUT2D eigenvalue weighted by Crippen LogP contribution is -1.91. The fourth-order valence-electron chi connectivity index (χ4n) is 0.143. The number of carbonyl (C=O) groups is 2. The fraction of sp³-hybridized carbons (Fsp3) is 0. The van der Waals surface area contributed by atoms with E-state index in [2.05, 4.69) is 0 Å². The summed E-state index contributed by atoms with van der Waals surface area (Å²) in [4.78, 5) is 19.1. The summed E-state index contributed by atoms with van der Waals surface area (Å²) in [6.07, 6.45) is 1.12. The van der Waals surface area contributed by atoms with Gasteiger partial charge in [-0.2, -0.15) is 0 Å². The maximum atomic E-state index is 9.55. The minimum atomic E-state index is -1.26. The highest BCUT2D eigenvalue weighted by atomic mass is 35.5. The molecule has 0 amide bonds. The number of hydrogen-bond acceptors (Lipinski definition) is 2. The largest absolute Gasteiger partial charge is 0.478 e. The molecule has 2 N–H and O–H groups in total. The van der Waals surface area contributed by atoms with Gasteiger partial charge in [0.2, 0.25) is 0 Å². The summed E-state index contributed by atoms with van der Waals surface area (Å²) in [7, 11) is 0. The van der Waals surface area contributed by atoms with E-state index >= 15 is 0 Å². The normalized spacial score (nSPS) is 7.60. The highest BCUT2D eigenvalue weighted by Gasteiger charge is 1.88. The van der Waals surface area contributed by atoms with Crippen molar-refractivity contribution in [3.05, 3.63) is 12.2 Å². The minimum Gasteiger partial charge on any atom is -0.478 e. The van der Waals surface area contributed by atoms with E-state index < -0.39 is 11.9 Å². The van der Waals surface area contributed by atoms with Gasteiger partial charge in [0.05, 0.1) is 0 Å². The fourth-order valence-corrected chi connectivity index (χ4v) is 0.143. The van der Waals surface area contributed by atoms with Gasteiger partial charge in [-0.15, -0.1) is 24.8 Å². The van der Waals surface area contributed by atoms with Gasteiger partial charge >= 0.3 is 11.9 Å². The number of aliphatic carboxylic acids is 2. The molecule has 0 saturated heterocycles. The summed E-state index contributed by atoms with van der Waals surface area (Å²) < 4.78 is 0. The minimum absolute atomic E-state index is 0. The molecule has 0 fully saturated rings. The molecule has 60 valence electrons. The Hall–Kier alpha value is -0.740. The van der Waals surface area contributed by atoms with E-state index in [1.165, 1.54) is 0 Å². The van der Waals surface area contributed by atoms with E-state index in [0.717, 1.165) is 0 Å². The zero-order valence-electron chi connectivity index (χ0n) is 4.68. The molecule has 0 radical (unpaired) electrons. The van der Waals surface area contributed by atoms with Crippen molar-refractivity contribution in [2.45, 2.75) is 0 Å². The molecule has 0 aromatic heterocycles. The van der Waals surface area contributed by atoms with Crippen molar-refractivity contribution in [2.75, 3.05) is 0 Å². The molecule has 10 heavy (non-hydrogen) atoms. The molecule has 0 unspecified atom stereocenters. The molecular weight excluding hydrogens is 183 g/mol. The maximum absolute atomic E-state index is 9.55. The number of halogens is 2. The molecule has 0 bridgehead atoms. The van der Waals surface area contributed by atoms with Gasteiger partial charge in [-0.05, 0) is 0 Å². The summed E-state index contributed by atoms with van der Waals surface area (Å²) in [5, 5.41) is 15.6. The number of carboxylic acids is 2. The third-order valence-corrected chi connectivity index (χ3v) is 0.368.